The smallest absolute Gasteiger partial charge is 0.326 e. The van der Waals surface area contributed by atoms with Crippen LogP contribution in [-0.4, -0.2) is 151 Å². The third-order valence-electron chi connectivity index (χ3n) is 11.3. The first-order valence-electron chi connectivity index (χ1n) is 25.0. The van der Waals surface area contributed by atoms with Crippen molar-refractivity contribution in [2.45, 2.75) is 154 Å². The second-order valence-corrected chi connectivity index (χ2v) is 17.4. The normalized spacial score (nSPS) is 12.9. The van der Waals surface area contributed by atoms with Crippen molar-refractivity contribution >= 4 is 41.3 Å². The van der Waals surface area contributed by atoms with Gasteiger partial charge in [-0.3, -0.25) is 28.8 Å². The van der Waals surface area contributed by atoms with Crippen molar-refractivity contribution < 1.29 is 57.6 Å². The highest BCUT2D eigenvalue weighted by Crippen LogP contribution is 2.18. The Morgan fingerprint density at radius 3 is 1.56 bits per heavy atom. The molecule has 5 amide bonds. The van der Waals surface area contributed by atoms with Crippen LogP contribution >= 0.6 is 0 Å². The van der Waals surface area contributed by atoms with Gasteiger partial charge in [0.1, 0.15) is 25.0 Å². The molecule has 1 rings (SSSR count). The van der Waals surface area contributed by atoms with Crippen LogP contribution in [0.4, 0.5) is 0 Å². The molecule has 1 heterocycles. The number of carbonyl (C=O) groups is 7. The molecule has 1 unspecified atom stereocenters. The Morgan fingerprint density at radius 2 is 1.07 bits per heavy atom. The van der Waals surface area contributed by atoms with Crippen molar-refractivity contribution in [1.82, 2.24) is 37.2 Å². The molecule has 0 fully saturated rings. The number of rotatable bonds is 47. The highest BCUT2D eigenvalue weighted by Gasteiger charge is 2.22. The van der Waals surface area contributed by atoms with Gasteiger partial charge in [0.15, 0.2) is 0 Å². The predicted molar refractivity (Wildman–Crippen MR) is 261 cm³/mol. The van der Waals surface area contributed by atoms with E-state index in [9.17, 15) is 38.7 Å². The van der Waals surface area contributed by atoms with Gasteiger partial charge in [0.25, 0.3) is 0 Å². The Bertz CT molecular complexity index is 1510. The summed E-state index contributed by atoms with van der Waals surface area (Å²) in [7, 11) is 1.76. The van der Waals surface area contributed by atoms with Crippen LogP contribution in [0.1, 0.15) is 142 Å². The number of Topliss-reactive ketones (excluding diaryl/α,β-unsaturated/α-hetero) is 1. The summed E-state index contributed by atoms with van der Waals surface area (Å²) in [5, 5.41) is 28.8. The zero-order valence-electron chi connectivity index (χ0n) is 41.6. The lowest BCUT2D eigenvalue weighted by Crippen LogP contribution is -2.43. The summed E-state index contributed by atoms with van der Waals surface area (Å²) in [4.78, 5) is 84.0. The van der Waals surface area contributed by atoms with Crippen molar-refractivity contribution in [3.63, 3.8) is 0 Å². The van der Waals surface area contributed by atoms with E-state index >= 15 is 0 Å². The number of carboxylic acids is 1. The molecule has 0 radical (unpaired) electrons. The molecule has 0 saturated heterocycles. The number of nitrogens with one attached hydrogen (secondary N) is 7. The van der Waals surface area contributed by atoms with Crippen LogP contribution < -0.4 is 37.2 Å². The standard InChI is InChI=1S/C49H87N7O12/c1-38(2)19-17-15-13-11-9-7-5-6-8-10-12-14-16-18-20-45(59)56-42(49(63)64)23-24-44(58)51-25-27-65-29-31-67-36-47(61)52-26-28-66-30-32-68-37-48(62)55-35-46(60)54-34-43-40(33-53-43)21-22-41(50-4)39(3)57/h41-42,50,53H,1,5-37H2,2-4H3,(H,51,58)(H,52,61)(H,54,60)(H,55,62)(H,56,59)(H,63,64)/t41-,42?/m0/s1. The Balaban J connectivity index is 1.93. The molecular formula is C49H87N7O12. The minimum Gasteiger partial charge on any atom is -0.480 e. The second kappa shape index (κ2) is 41.5. The first-order valence-corrected chi connectivity index (χ1v) is 25.0. The Hall–Kier alpha value is -4.43. The van der Waals surface area contributed by atoms with E-state index in [1.807, 2.05) is 0 Å². The van der Waals surface area contributed by atoms with Crippen LogP contribution in [0, 0.1) is 0 Å². The fourth-order valence-electron chi connectivity index (χ4n) is 7.18. The van der Waals surface area contributed by atoms with Crippen LogP contribution in [0.15, 0.2) is 23.4 Å². The van der Waals surface area contributed by atoms with E-state index < -0.39 is 17.9 Å². The van der Waals surface area contributed by atoms with E-state index in [2.05, 4.69) is 50.7 Å². The molecule has 0 aromatic rings. The van der Waals surface area contributed by atoms with Gasteiger partial charge in [-0.25, -0.2) is 4.79 Å². The van der Waals surface area contributed by atoms with Gasteiger partial charge in [-0.15, -0.1) is 6.58 Å². The minimum absolute atomic E-state index is 0.0196. The number of carboxylic acid groups (broad SMARTS) is 1. The van der Waals surface area contributed by atoms with Gasteiger partial charge in [-0.1, -0.05) is 82.6 Å². The maximum atomic E-state index is 12.4. The second-order valence-electron chi connectivity index (χ2n) is 17.4. The molecule has 19 heteroatoms. The number of aliphatic carboxylic acids is 1. The molecule has 2 atom stereocenters. The number of ketones is 1. The van der Waals surface area contributed by atoms with E-state index in [0.29, 0.717) is 19.4 Å². The molecule has 0 bridgehead atoms. The van der Waals surface area contributed by atoms with E-state index in [0.717, 1.165) is 49.9 Å². The summed E-state index contributed by atoms with van der Waals surface area (Å²) in [5.41, 5.74) is 3.37. The zero-order valence-corrected chi connectivity index (χ0v) is 41.6. The summed E-state index contributed by atoms with van der Waals surface area (Å²) >= 11 is 0. The Morgan fingerprint density at radius 1 is 0.574 bits per heavy atom. The molecule has 0 aliphatic carbocycles. The third-order valence-corrected chi connectivity index (χ3v) is 11.3. The molecule has 0 aromatic carbocycles. The van der Waals surface area contributed by atoms with Gasteiger partial charge in [-0.05, 0) is 65.0 Å². The molecule has 0 aromatic heterocycles. The zero-order chi connectivity index (χ0) is 50.0. The molecule has 68 heavy (non-hydrogen) atoms. The Kier molecular flexibility index (Phi) is 37.6. The van der Waals surface area contributed by atoms with Gasteiger partial charge >= 0.3 is 5.97 Å². The topological polar surface area (TPSA) is 261 Å². The average Bonchev–Trinajstić information content (AvgIpc) is 3.29. The number of hydrogen-bond acceptors (Lipinski definition) is 13. The quantitative estimate of drug-likeness (QED) is 0.0321. The van der Waals surface area contributed by atoms with Crippen molar-refractivity contribution in [3.8, 4) is 0 Å². The van der Waals surface area contributed by atoms with Gasteiger partial charge in [0.05, 0.1) is 58.8 Å². The molecular weight excluding hydrogens is 879 g/mol. The van der Waals surface area contributed by atoms with E-state index in [-0.39, 0.29) is 127 Å². The largest absolute Gasteiger partial charge is 0.480 e. The summed E-state index contributed by atoms with van der Waals surface area (Å²) in [6.07, 6.45) is 19.6. The van der Waals surface area contributed by atoms with Crippen LogP contribution in [0.3, 0.4) is 0 Å². The number of ether oxygens (including phenoxy) is 4. The number of likely N-dealkylation sites (N-methyl/N-ethyl adjacent to an activating group) is 1. The first-order chi connectivity index (χ1) is 32.8. The maximum absolute atomic E-state index is 12.4. The molecule has 1 aliphatic rings. The van der Waals surface area contributed by atoms with Crippen molar-refractivity contribution in [2.24, 2.45) is 0 Å². The van der Waals surface area contributed by atoms with Crippen molar-refractivity contribution in [2.75, 3.05) is 92.6 Å². The van der Waals surface area contributed by atoms with Gasteiger partial charge in [-0.2, -0.15) is 0 Å². The highest BCUT2D eigenvalue weighted by atomic mass is 16.5. The lowest BCUT2D eigenvalue weighted by atomic mass is 9.97. The molecule has 0 spiro atoms. The summed E-state index contributed by atoms with van der Waals surface area (Å²) in [5.74, 6) is -2.87. The van der Waals surface area contributed by atoms with Crippen molar-refractivity contribution in [3.05, 3.63) is 23.4 Å². The van der Waals surface area contributed by atoms with E-state index in [1.54, 1.807) is 14.0 Å². The number of allylic oxidation sites excluding steroid dienone is 1. The number of hydrogen-bond donors (Lipinski definition) is 8. The monoisotopic (exact) mass is 966 g/mol. The molecule has 0 saturated carbocycles. The number of unbranched alkanes of at least 4 members (excludes halogenated alkanes) is 13. The Labute approximate surface area is 405 Å². The molecule has 390 valence electrons. The summed E-state index contributed by atoms with van der Waals surface area (Å²) < 4.78 is 21.4. The molecule has 19 nitrogen and oxygen atoms in total. The third kappa shape index (κ3) is 35.7. The average molecular weight is 966 g/mol. The van der Waals surface area contributed by atoms with E-state index in [1.165, 1.54) is 69.8 Å². The van der Waals surface area contributed by atoms with Crippen LogP contribution in [0.2, 0.25) is 0 Å². The SMILES string of the molecule is C=C(C)CCCCCCCCCCCCCCCCC(=O)NC(CCC(=O)NCCOCCOCC(=O)NCCOCCOCC(=O)NCC(=O)NCC1=C(CC[C@H](NC)C(C)=O)CN1)C(=O)O. The van der Waals surface area contributed by atoms with Crippen LogP contribution in [0.25, 0.3) is 0 Å². The lowest BCUT2D eigenvalue weighted by Gasteiger charge is -2.27. The van der Waals surface area contributed by atoms with Gasteiger partial charge in [0, 0.05) is 38.2 Å². The lowest BCUT2D eigenvalue weighted by molar-refractivity contribution is -0.142. The van der Waals surface area contributed by atoms with Crippen LogP contribution in [0.5, 0.6) is 0 Å². The number of carbonyl (C=O) groups excluding carboxylic acids is 6. The van der Waals surface area contributed by atoms with Crippen molar-refractivity contribution in [1.29, 1.82) is 0 Å². The predicted octanol–water partition coefficient (Wildman–Crippen LogP) is 3.50. The fraction of sp³-hybridized carbons (Fsp3) is 0.776. The maximum Gasteiger partial charge on any atom is 0.326 e. The van der Waals surface area contributed by atoms with Gasteiger partial charge in [0.2, 0.25) is 29.5 Å². The molecule has 1 aliphatic heterocycles. The van der Waals surface area contributed by atoms with Crippen LogP contribution in [-0.2, 0) is 52.5 Å². The molecule has 8 N–H and O–H groups in total. The highest BCUT2D eigenvalue weighted by molar-refractivity contribution is 5.86. The van der Waals surface area contributed by atoms with Gasteiger partial charge < -0.3 is 61.3 Å². The summed E-state index contributed by atoms with van der Waals surface area (Å²) in [6.45, 7) is 9.62. The van der Waals surface area contributed by atoms with E-state index in [4.69, 9.17) is 18.9 Å². The summed E-state index contributed by atoms with van der Waals surface area (Å²) in [6, 6.07) is -1.32. The fourth-order valence-corrected chi connectivity index (χ4v) is 7.18. The first kappa shape index (κ1) is 61.6. The number of amides is 5. The minimum atomic E-state index is -1.17.